The molecule has 0 heterocycles. The summed E-state index contributed by atoms with van der Waals surface area (Å²) in [5, 5.41) is 9.61. The monoisotopic (exact) mass is 285 g/mol. The Morgan fingerprint density at radius 3 is 2.37 bits per heavy atom. The number of hydrogen-bond acceptors (Lipinski definition) is 3. The lowest BCUT2D eigenvalue weighted by Gasteiger charge is -2.28. The van der Waals surface area contributed by atoms with Crippen molar-refractivity contribution in [1.82, 2.24) is 4.90 Å². The summed E-state index contributed by atoms with van der Waals surface area (Å²) < 4.78 is 5.58. The summed E-state index contributed by atoms with van der Waals surface area (Å²) in [5.41, 5.74) is 0. The van der Waals surface area contributed by atoms with Crippen molar-refractivity contribution >= 4 is 17.5 Å². The fraction of sp³-hybridized carbons (Fsp3) is 0.500. The van der Waals surface area contributed by atoms with E-state index in [-0.39, 0.29) is 18.6 Å². The maximum Gasteiger partial charge on any atom is 0.263 e. The number of halogens is 1. The average Bonchev–Trinajstić information content (AvgIpc) is 2.37. The molecule has 4 nitrogen and oxygen atoms in total. The fourth-order valence-corrected chi connectivity index (χ4v) is 1.86. The van der Waals surface area contributed by atoms with E-state index in [1.54, 1.807) is 36.1 Å². The second-order valence-electron chi connectivity index (χ2n) is 4.56. The van der Waals surface area contributed by atoms with Gasteiger partial charge in [0, 0.05) is 17.6 Å². The highest BCUT2D eigenvalue weighted by Gasteiger charge is 2.23. The molecular weight excluding hydrogens is 266 g/mol. The van der Waals surface area contributed by atoms with Gasteiger partial charge in [0.2, 0.25) is 0 Å². The van der Waals surface area contributed by atoms with Crippen molar-refractivity contribution in [3.8, 4) is 5.75 Å². The molecule has 106 valence electrons. The molecular formula is C14H20ClNO3. The highest BCUT2D eigenvalue weighted by molar-refractivity contribution is 6.30. The summed E-state index contributed by atoms with van der Waals surface area (Å²) in [7, 11) is 0. The van der Waals surface area contributed by atoms with Gasteiger partial charge in [-0.1, -0.05) is 11.6 Å². The molecule has 0 fully saturated rings. The molecule has 1 N–H and O–H groups in total. The van der Waals surface area contributed by atoms with Crippen molar-refractivity contribution in [1.29, 1.82) is 0 Å². The first-order valence-electron chi connectivity index (χ1n) is 6.29. The van der Waals surface area contributed by atoms with Gasteiger partial charge in [-0.2, -0.15) is 0 Å². The molecule has 1 aromatic carbocycles. The third kappa shape index (κ3) is 4.73. The van der Waals surface area contributed by atoms with E-state index in [9.17, 15) is 4.79 Å². The number of nitrogens with zero attached hydrogens (tertiary/aromatic N) is 1. The number of aliphatic hydroxyl groups is 1. The lowest BCUT2D eigenvalue weighted by molar-refractivity contribution is -0.140. The second-order valence-corrected chi connectivity index (χ2v) is 5.00. The standard InChI is InChI=1S/C14H20ClNO3/c1-10(2)16(8-9-17)14(18)11(3)19-13-6-4-12(15)5-7-13/h4-7,10-11,17H,8-9H2,1-3H3. The molecule has 0 radical (unpaired) electrons. The maximum absolute atomic E-state index is 12.2. The van der Waals surface area contributed by atoms with Gasteiger partial charge in [0.15, 0.2) is 6.10 Å². The highest BCUT2D eigenvalue weighted by Crippen LogP contribution is 2.17. The molecule has 19 heavy (non-hydrogen) atoms. The van der Waals surface area contributed by atoms with Crippen molar-refractivity contribution in [3.05, 3.63) is 29.3 Å². The minimum Gasteiger partial charge on any atom is -0.481 e. The zero-order chi connectivity index (χ0) is 14.4. The van der Waals surface area contributed by atoms with Crippen LogP contribution in [0.5, 0.6) is 5.75 Å². The molecule has 1 unspecified atom stereocenters. The topological polar surface area (TPSA) is 49.8 Å². The number of aliphatic hydroxyl groups excluding tert-OH is 1. The Morgan fingerprint density at radius 1 is 1.32 bits per heavy atom. The van der Waals surface area contributed by atoms with Crippen LogP contribution < -0.4 is 4.74 Å². The average molecular weight is 286 g/mol. The van der Waals surface area contributed by atoms with E-state index >= 15 is 0 Å². The zero-order valence-corrected chi connectivity index (χ0v) is 12.2. The summed E-state index contributed by atoms with van der Waals surface area (Å²) in [6.07, 6.45) is -0.602. The first-order valence-corrected chi connectivity index (χ1v) is 6.67. The smallest absolute Gasteiger partial charge is 0.263 e. The molecule has 1 rings (SSSR count). The van der Waals surface area contributed by atoms with E-state index < -0.39 is 6.10 Å². The number of amides is 1. The molecule has 0 aliphatic rings. The van der Waals surface area contributed by atoms with Crippen LogP contribution in [0.15, 0.2) is 24.3 Å². The third-order valence-corrected chi connectivity index (χ3v) is 2.97. The van der Waals surface area contributed by atoms with Gasteiger partial charge in [-0.05, 0) is 45.0 Å². The second kappa shape index (κ2) is 7.36. The zero-order valence-electron chi connectivity index (χ0n) is 11.5. The van der Waals surface area contributed by atoms with Gasteiger partial charge in [0.25, 0.3) is 5.91 Å². The van der Waals surface area contributed by atoms with Gasteiger partial charge < -0.3 is 14.7 Å². The van der Waals surface area contributed by atoms with Crippen molar-refractivity contribution in [3.63, 3.8) is 0 Å². The fourth-order valence-electron chi connectivity index (χ4n) is 1.73. The van der Waals surface area contributed by atoms with Crippen molar-refractivity contribution in [2.24, 2.45) is 0 Å². The van der Waals surface area contributed by atoms with Crippen LogP contribution in [-0.4, -0.2) is 41.2 Å². The van der Waals surface area contributed by atoms with E-state index in [0.29, 0.717) is 17.3 Å². The molecule has 0 aromatic heterocycles. The maximum atomic E-state index is 12.2. The molecule has 0 saturated carbocycles. The molecule has 1 aromatic rings. The number of carbonyl (C=O) groups is 1. The van der Waals surface area contributed by atoms with Crippen molar-refractivity contribution in [2.75, 3.05) is 13.2 Å². The molecule has 0 aliphatic heterocycles. The molecule has 1 atom stereocenters. The first kappa shape index (κ1) is 15.8. The third-order valence-electron chi connectivity index (χ3n) is 2.72. The van der Waals surface area contributed by atoms with E-state index in [4.69, 9.17) is 21.4 Å². The summed E-state index contributed by atoms with van der Waals surface area (Å²) in [5.74, 6) is 0.456. The Morgan fingerprint density at radius 2 is 1.89 bits per heavy atom. The van der Waals surface area contributed by atoms with Gasteiger partial charge in [-0.15, -0.1) is 0 Å². The van der Waals surface area contributed by atoms with E-state index in [2.05, 4.69) is 0 Å². The van der Waals surface area contributed by atoms with Gasteiger partial charge in [-0.25, -0.2) is 0 Å². The van der Waals surface area contributed by atoms with Gasteiger partial charge in [0.05, 0.1) is 6.61 Å². The summed E-state index contributed by atoms with van der Waals surface area (Å²) >= 11 is 5.79. The van der Waals surface area contributed by atoms with Crippen LogP contribution in [0.1, 0.15) is 20.8 Å². The van der Waals surface area contributed by atoms with Gasteiger partial charge >= 0.3 is 0 Å². The largest absolute Gasteiger partial charge is 0.481 e. The Balaban J connectivity index is 2.67. The number of rotatable bonds is 6. The number of carbonyl (C=O) groups excluding carboxylic acids is 1. The molecule has 0 aliphatic carbocycles. The summed E-state index contributed by atoms with van der Waals surface area (Å²) in [6, 6.07) is 6.88. The van der Waals surface area contributed by atoms with E-state index in [0.717, 1.165) is 0 Å². The number of ether oxygens (including phenoxy) is 1. The molecule has 5 heteroatoms. The van der Waals surface area contributed by atoms with E-state index in [1.165, 1.54) is 0 Å². The predicted octanol–water partition coefficient (Wildman–Crippen LogP) is 2.34. The van der Waals surface area contributed by atoms with Crippen molar-refractivity contribution in [2.45, 2.75) is 32.9 Å². The van der Waals surface area contributed by atoms with E-state index in [1.807, 2.05) is 13.8 Å². The summed E-state index contributed by atoms with van der Waals surface area (Å²) in [6.45, 7) is 5.76. The Kier molecular flexibility index (Phi) is 6.12. The van der Waals surface area contributed by atoms with Gasteiger partial charge in [0.1, 0.15) is 5.75 Å². The van der Waals surface area contributed by atoms with Crippen LogP contribution in [0.25, 0.3) is 0 Å². The predicted molar refractivity (Wildman–Crippen MR) is 75.5 cm³/mol. The quantitative estimate of drug-likeness (QED) is 0.873. The molecule has 0 saturated heterocycles. The van der Waals surface area contributed by atoms with Crippen LogP contribution in [0.3, 0.4) is 0 Å². The SMILES string of the molecule is CC(Oc1ccc(Cl)cc1)C(=O)N(CCO)C(C)C. The number of hydrogen-bond donors (Lipinski definition) is 1. The lowest BCUT2D eigenvalue weighted by atomic mass is 10.2. The normalized spacial score (nSPS) is 12.3. The first-order chi connectivity index (χ1) is 8.95. The van der Waals surface area contributed by atoms with Crippen LogP contribution in [0.2, 0.25) is 5.02 Å². The van der Waals surface area contributed by atoms with Gasteiger partial charge in [-0.3, -0.25) is 4.79 Å². The van der Waals surface area contributed by atoms with Crippen molar-refractivity contribution < 1.29 is 14.6 Å². The Labute approximate surface area is 118 Å². The molecule has 1 amide bonds. The molecule has 0 bridgehead atoms. The minimum absolute atomic E-state index is 0.0240. The summed E-state index contributed by atoms with van der Waals surface area (Å²) in [4.78, 5) is 13.8. The minimum atomic E-state index is -0.602. The Bertz CT molecular complexity index is 406. The Hall–Kier alpha value is -1.26. The van der Waals surface area contributed by atoms with Crippen LogP contribution in [-0.2, 0) is 4.79 Å². The van der Waals surface area contributed by atoms with Crippen LogP contribution in [0.4, 0.5) is 0 Å². The lowest BCUT2D eigenvalue weighted by Crippen LogP contribution is -2.45. The highest BCUT2D eigenvalue weighted by atomic mass is 35.5. The number of benzene rings is 1. The van der Waals surface area contributed by atoms with Crippen LogP contribution >= 0.6 is 11.6 Å². The molecule has 0 spiro atoms. The van der Waals surface area contributed by atoms with Crippen LogP contribution in [0, 0.1) is 0 Å².